The van der Waals surface area contributed by atoms with Crippen LogP contribution in [0.3, 0.4) is 0 Å². The largest absolute Gasteiger partial charge is 0.493 e. The predicted octanol–water partition coefficient (Wildman–Crippen LogP) is 3.39. The van der Waals surface area contributed by atoms with Crippen LogP contribution in [0.25, 0.3) is 0 Å². The van der Waals surface area contributed by atoms with Crippen LogP contribution in [0, 0.1) is 5.92 Å². The van der Waals surface area contributed by atoms with E-state index in [4.69, 9.17) is 30.5 Å². The number of rotatable bonds is 9. The summed E-state index contributed by atoms with van der Waals surface area (Å²) in [6.45, 7) is 5.70. The number of morpholine rings is 1. The molecule has 4 rings (SSSR count). The highest BCUT2D eigenvalue weighted by molar-refractivity contribution is 6.30. The van der Waals surface area contributed by atoms with Crippen LogP contribution in [0.5, 0.6) is 11.5 Å². The zero-order chi connectivity index (χ0) is 23.0. The Bertz CT molecular complexity index is 912. The molecule has 7 nitrogen and oxygen atoms in total. The molecular weight excluding hydrogens is 444 g/mol. The maximum Gasteiger partial charge on any atom is 0.251 e. The zero-order valence-electron chi connectivity index (χ0n) is 18.9. The third kappa shape index (κ3) is 6.38. The molecule has 1 amide bonds. The molecule has 2 heterocycles. The molecule has 1 N–H and O–H groups in total. The van der Waals surface area contributed by atoms with Crippen molar-refractivity contribution in [2.24, 2.45) is 5.92 Å². The van der Waals surface area contributed by atoms with Gasteiger partial charge in [0.1, 0.15) is 6.61 Å². The number of amides is 1. The molecule has 0 spiro atoms. The number of benzene rings is 2. The van der Waals surface area contributed by atoms with Gasteiger partial charge in [0.2, 0.25) is 0 Å². The van der Waals surface area contributed by atoms with Gasteiger partial charge in [-0.15, -0.1) is 0 Å². The topological polar surface area (TPSA) is 69.3 Å². The number of hydrogen-bond acceptors (Lipinski definition) is 6. The van der Waals surface area contributed by atoms with Gasteiger partial charge in [-0.3, -0.25) is 9.69 Å². The fourth-order valence-electron chi connectivity index (χ4n) is 4.33. The summed E-state index contributed by atoms with van der Waals surface area (Å²) in [6, 6.07) is 13.0. The second-order valence-electron chi connectivity index (χ2n) is 8.33. The molecule has 0 saturated carbocycles. The Kier molecular flexibility index (Phi) is 8.45. The first-order valence-corrected chi connectivity index (χ1v) is 11.7. The Morgan fingerprint density at radius 2 is 1.91 bits per heavy atom. The van der Waals surface area contributed by atoms with Crippen molar-refractivity contribution >= 4 is 17.5 Å². The predicted molar refractivity (Wildman–Crippen MR) is 126 cm³/mol. The number of methoxy groups -OCH3 is 1. The van der Waals surface area contributed by atoms with E-state index in [0.29, 0.717) is 41.2 Å². The van der Waals surface area contributed by atoms with Crippen LogP contribution < -0.4 is 14.8 Å². The lowest BCUT2D eigenvalue weighted by Gasteiger charge is -2.37. The van der Waals surface area contributed by atoms with E-state index in [1.807, 2.05) is 24.3 Å². The number of nitrogens with one attached hydrogen (secondary N) is 1. The first-order valence-electron chi connectivity index (χ1n) is 11.4. The Morgan fingerprint density at radius 1 is 1.12 bits per heavy atom. The van der Waals surface area contributed by atoms with Crippen LogP contribution in [-0.4, -0.2) is 70.0 Å². The van der Waals surface area contributed by atoms with Crippen LogP contribution in [-0.2, 0) is 16.1 Å². The summed E-state index contributed by atoms with van der Waals surface area (Å²) in [5.74, 6) is 1.39. The monoisotopic (exact) mass is 474 g/mol. The van der Waals surface area contributed by atoms with Gasteiger partial charge in [0.05, 0.1) is 26.9 Å². The highest BCUT2D eigenvalue weighted by atomic mass is 35.5. The smallest absolute Gasteiger partial charge is 0.251 e. The van der Waals surface area contributed by atoms with Gasteiger partial charge < -0.3 is 24.3 Å². The average molecular weight is 475 g/mol. The highest BCUT2D eigenvalue weighted by Gasteiger charge is 2.31. The molecule has 2 unspecified atom stereocenters. The summed E-state index contributed by atoms with van der Waals surface area (Å²) < 4.78 is 22.5. The lowest BCUT2D eigenvalue weighted by Crippen LogP contribution is -2.52. The summed E-state index contributed by atoms with van der Waals surface area (Å²) in [5.41, 5.74) is 1.53. The molecule has 2 fully saturated rings. The first-order chi connectivity index (χ1) is 16.1. The van der Waals surface area contributed by atoms with E-state index in [1.165, 1.54) is 0 Å². The molecule has 0 bridgehead atoms. The zero-order valence-corrected chi connectivity index (χ0v) is 19.7. The SMILES string of the molecule is COc1cc(C(=O)NCC(C2CCOC2)N2CCOCC2)ccc1OCc1ccc(Cl)cc1. The van der Waals surface area contributed by atoms with E-state index in [1.54, 1.807) is 25.3 Å². The van der Waals surface area contributed by atoms with Gasteiger partial charge in [-0.2, -0.15) is 0 Å². The molecule has 2 aliphatic rings. The van der Waals surface area contributed by atoms with Crippen molar-refractivity contribution in [3.05, 3.63) is 58.6 Å². The molecular formula is C25H31ClN2O5. The van der Waals surface area contributed by atoms with Crippen LogP contribution in [0.4, 0.5) is 0 Å². The molecule has 0 aromatic heterocycles. The third-order valence-corrected chi connectivity index (χ3v) is 6.48. The van der Waals surface area contributed by atoms with Gasteiger partial charge in [-0.05, 0) is 42.3 Å². The van der Waals surface area contributed by atoms with Gasteiger partial charge in [0.25, 0.3) is 5.91 Å². The van der Waals surface area contributed by atoms with Gasteiger partial charge in [-0.1, -0.05) is 23.7 Å². The summed E-state index contributed by atoms with van der Waals surface area (Å²) in [4.78, 5) is 15.4. The summed E-state index contributed by atoms with van der Waals surface area (Å²) >= 11 is 5.94. The molecule has 33 heavy (non-hydrogen) atoms. The average Bonchev–Trinajstić information content (AvgIpc) is 3.39. The normalized spacial score (nSPS) is 19.8. The fraction of sp³-hybridized carbons (Fsp3) is 0.480. The van der Waals surface area contributed by atoms with Crippen LogP contribution in [0.2, 0.25) is 5.02 Å². The molecule has 8 heteroatoms. The second kappa shape index (κ2) is 11.7. The highest BCUT2D eigenvalue weighted by Crippen LogP contribution is 2.29. The van der Waals surface area contributed by atoms with Gasteiger partial charge in [0, 0.05) is 48.8 Å². The standard InChI is InChI=1S/C25H31ClN2O5/c1-30-24-14-19(4-7-23(24)33-16-18-2-5-21(26)6-3-18)25(29)27-15-22(20-8-11-32-17-20)28-9-12-31-13-10-28/h2-7,14,20,22H,8-13,15-17H2,1H3,(H,27,29). The van der Waals surface area contributed by atoms with Gasteiger partial charge >= 0.3 is 0 Å². The Morgan fingerprint density at radius 3 is 2.61 bits per heavy atom. The third-order valence-electron chi connectivity index (χ3n) is 6.23. The van der Waals surface area contributed by atoms with Crippen molar-refractivity contribution in [2.75, 3.05) is 53.2 Å². The van der Waals surface area contributed by atoms with Crippen molar-refractivity contribution < 1.29 is 23.7 Å². The number of halogens is 1. The number of hydrogen-bond donors (Lipinski definition) is 1. The minimum absolute atomic E-state index is 0.130. The molecule has 0 aliphatic carbocycles. The van der Waals surface area contributed by atoms with E-state index in [2.05, 4.69) is 10.2 Å². The maximum atomic E-state index is 12.9. The molecule has 2 aromatic rings. The number of nitrogens with zero attached hydrogens (tertiary/aromatic N) is 1. The number of carbonyl (C=O) groups excluding carboxylic acids is 1. The Balaban J connectivity index is 1.37. The summed E-state index contributed by atoms with van der Waals surface area (Å²) in [6.07, 6.45) is 1.02. The van der Waals surface area contributed by atoms with Gasteiger partial charge in [-0.25, -0.2) is 0 Å². The van der Waals surface area contributed by atoms with E-state index >= 15 is 0 Å². The van der Waals surface area contributed by atoms with Crippen molar-refractivity contribution in [1.82, 2.24) is 10.2 Å². The fourth-order valence-corrected chi connectivity index (χ4v) is 4.45. The second-order valence-corrected chi connectivity index (χ2v) is 8.77. The van der Waals surface area contributed by atoms with E-state index < -0.39 is 0 Å². The lowest BCUT2D eigenvalue weighted by molar-refractivity contribution is 0.00166. The minimum Gasteiger partial charge on any atom is -0.493 e. The van der Waals surface area contributed by atoms with Crippen LogP contribution >= 0.6 is 11.6 Å². The minimum atomic E-state index is -0.130. The molecule has 2 aromatic carbocycles. The summed E-state index contributed by atoms with van der Waals surface area (Å²) in [5, 5.41) is 3.80. The number of ether oxygens (including phenoxy) is 4. The van der Waals surface area contributed by atoms with Crippen molar-refractivity contribution in [3.63, 3.8) is 0 Å². The van der Waals surface area contributed by atoms with Gasteiger partial charge in [0.15, 0.2) is 11.5 Å². The van der Waals surface area contributed by atoms with Crippen molar-refractivity contribution in [1.29, 1.82) is 0 Å². The van der Waals surface area contributed by atoms with E-state index in [9.17, 15) is 4.79 Å². The van der Waals surface area contributed by atoms with Crippen molar-refractivity contribution in [3.8, 4) is 11.5 Å². The lowest BCUT2D eigenvalue weighted by atomic mass is 9.96. The van der Waals surface area contributed by atoms with Crippen molar-refractivity contribution in [2.45, 2.75) is 19.1 Å². The molecule has 0 radical (unpaired) electrons. The number of carbonyl (C=O) groups is 1. The molecule has 2 aliphatic heterocycles. The molecule has 2 saturated heterocycles. The Hall–Kier alpha value is -2.32. The van der Waals surface area contributed by atoms with E-state index in [0.717, 1.165) is 51.5 Å². The van der Waals surface area contributed by atoms with Crippen LogP contribution in [0.1, 0.15) is 22.3 Å². The quantitative estimate of drug-likeness (QED) is 0.600. The van der Waals surface area contributed by atoms with E-state index in [-0.39, 0.29) is 11.9 Å². The Labute approximate surface area is 199 Å². The first kappa shape index (κ1) is 23.8. The molecule has 178 valence electrons. The van der Waals surface area contributed by atoms with Crippen LogP contribution in [0.15, 0.2) is 42.5 Å². The maximum absolute atomic E-state index is 12.9. The summed E-state index contributed by atoms with van der Waals surface area (Å²) in [7, 11) is 1.57. The molecule has 2 atom stereocenters.